The Morgan fingerprint density at radius 3 is 2.43 bits per heavy atom. The largest absolute Gasteiger partial charge is 0.381 e. The Morgan fingerprint density at radius 1 is 0.893 bits per heavy atom. The number of hydrogen-bond acceptors (Lipinski definition) is 2. The Bertz CT molecular complexity index is 924. The van der Waals surface area contributed by atoms with Crippen molar-refractivity contribution in [1.29, 1.82) is 0 Å². The summed E-state index contributed by atoms with van der Waals surface area (Å²) in [7, 11) is 0. The van der Waals surface area contributed by atoms with Crippen molar-refractivity contribution in [2.24, 2.45) is 0 Å². The molecule has 0 aliphatic carbocycles. The van der Waals surface area contributed by atoms with Crippen LogP contribution in [0.5, 0.6) is 0 Å². The highest BCUT2D eigenvalue weighted by Gasteiger charge is 2.34. The molecule has 0 atom stereocenters. The summed E-state index contributed by atoms with van der Waals surface area (Å²) in [6, 6.07) is 25.2. The first-order valence-electron chi connectivity index (χ1n) is 10.1. The van der Waals surface area contributed by atoms with E-state index in [2.05, 4.69) is 72.0 Å². The average molecular weight is 373 g/mol. The number of amides is 1. The van der Waals surface area contributed by atoms with E-state index >= 15 is 0 Å². The highest BCUT2D eigenvalue weighted by molar-refractivity contribution is 5.86. The number of carbonyl (C=O) groups excluding carboxylic acids is 1. The Balaban J connectivity index is 1.40. The normalized spacial score (nSPS) is 16.0. The number of ether oxygens (including phenoxy) is 1. The molecule has 1 aliphatic rings. The van der Waals surface area contributed by atoms with E-state index in [0.29, 0.717) is 13.0 Å². The quantitative estimate of drug-likeness (QED) is 0.684. The fourth-order valence-corrected chi connectivity index (χ4v) is 4.24. The number of rotatable bonds is 6. The Labute approximate surface area is 166 Å². The number of nitrogens with one attached hydrogen (secondary N) is 1. The average Bonchev–Trinajstić information content (AvgIpc) is 2.77. The Kier molecular flexibility index (Phi) is 5.73. The zero-order valence-electron chi connectivity index (χ0n) is 16.2. The second-order valence-corrected chi connectivity index (χ2v) is 7.67. The lowest BCUT2D eigenvalue weighted by Crippen LogP contribution is -2.44. The van der Waals surface area contributed by atoms with Crippen LogP contribution in [0.15, 0.2) is 72.8 Å². The molecule has 28 heavy (non-hydrogen) atoms. The highest BCUT2D eigenvalue weighted by Crippen LogP contribution is 2.34. The van der Waals surface area contributed by atoms with E-state index in [4.69, 9.17) is 4.74 Å². The molecule has 0 bridgehead atoms. The van der Waals surface area contributed by atoms with Gasteiger partial charge in [-0.25, -0.2) is 0 Å². The van der Waals surface area contributed by atoms with Crippen molar-refractivity contribution >= 4 is 16.7 Å². The van der Waals surface area contributed by atoms with Gasteiger partial charge in [-0.15, -0.1) is 0 Å². The molecule has 4 rings (SSSR count). The summed E-state index contributed by atoms with van der Waals surface area (Å²) >= 11 is 0. The van der Waals surface area contributed by atoms with Gasteiger partial charge in [0, 0.05) is 31.6 Å². The van der Waals surface area contributed by atoms with Gasteiger partial charge in [0.15, 0.2) is 0 Å². The van der Waals surface area contributed by atoms with Gasteiger partial charge in [0.1, 0.15) is 0 Å². The van der Waals surface area contributed by atoms with Gasteiger partial charge in [0.05, 0.1) is 0 Å². The lowest BCUT2D eigenvalue weighted by atomic mass is 9.74. The lowest BCUT2D eigenvalue weighted by molar-refractivity contribution is -0.121. The minimum Gasteiger partial charge on any atom is -0.381 e. The summed E-state index contributed by atoms with van der Waals surface area (Å²) < 4.78 is 5.59. The molecular weight excluding hydrogens is 346 g/mol. The first kappa shape index (κ1) is 18.7. The van der Waals surface area contributed by atoms with Crippen LogP contribution in [0.2, 0.25) is 0 Å². The molecule has 1 saturated heterocycles. The van der Waals surface area contributed by atoms with Crippen molar-refractivity contribution in [3.63, 3.8) is 0 Å². The zero-order chi connectivity index (χ0) is 19.2. The monoisotopic (exact) mass is 373 g/mol. The zero-order valence-corrected chi connectivity index (χ0v) is 16.2. The van der Waals surface area contributed by atoms with Crippen molar-refractivity contribution in [1.82, 2.24) is 5.32 Å². The fraction of sp³-hybridized carbons (Fsp3) is 0.320. The van der Waals surface area contributed by atoms with E-state index in [-0.39, 0.29) is 11.3 Å². The summed E-state index contributed by atoms with van der Waals surface area (Å²) in [4.78, 5) is 12.6. The van der Waals surface area contributed by atoms with E-state index in [1.165, 1.54) is 21.9 Å². The predicted octanol–water partition coefficient (Wildman–Crippen LogP) is 4.64. The first-order chi connectivity index (χ1) is 13.8. The molecule has 0 aromatic heterocycles. The third-order valence-electron chi connectivity index (χ3n) is 5.96. The molecule has 0 spiro atoms. The van der Waals surface area contributed by atoms with Crippen LogP contribution in [-0.2, 0) is 21.4 Å². The topological polar surface area (TPSA) is 38.3 Å². The highest BCUT2D eigenvalue weighted by atomic mass is 16.5. The summed E-state index contributed by atoms with van der Waals surface area (Å²) in [6.07, 6.45) is 3.16. The van der Waals surface area contributed by atoms with Crippen LogP contribution in [0.3, 0.4) is 0 Å². The van der Waals surface area contributed by atoms with Gasteiger partial charge < -0.3 is 10.1 Å². The van der Waals surface area contributed by atoms with E-state index < -0.39 is 0 Å². The second kappa shape index (κ2) is 8.57. The summed E-state index contributed by atoms with van der Waals surface area (Å²) in [5.41, 5.74) is 2.51. The predicted molar refractivity (Wildman–Crippen MR) is 113 cm³/mol. The van der Waals surface area contributed by atoms with Gasteiger partial charge in [-0.2, -0.15) is 0 Å². The maximum Gasteiger partial charge on any atom is 0.220 e. The van der Waals surface area contributed by atoms with Crippen LogP contribution in [0, 0.1) is 0 Å². The molecule has 0 unspecified atom stereocenters. The molecule has 3 nitrogen and oxygen atoms in total. The summed E-state index contributed by atoms with van der Waals surface area (Å²) in [5, 5.41) is 5.68. The molecule has 144 valence electrons. The maximum absolute atomic E-state index is 12.6. The van der Waals surface area contributed by atoms with E-state index in [1.807, 2.05) is 6.07 Å². The minimum atomic E-state index is -0.0192. The van der Waals surface area contributed by atoms with Crippen LogP contribution in [0.1, 0.15) is 30.4 Å². The molecule has 1 aliphatic heterocycles. The molecular formula is C25H27NO2. The van der Waals surface area contributed by atoms with Crippen LogP contribution in [0.4, 0.5) is 0 Å². The van der Waals surface area contributed by atoms with Crippen LogP contribution < -0.4 is 5.32 Å². The van der Waals surface area contributed by atoms with Crippen molar-refractivity contribution in [2.75, 3.05) is 19.8 Å². The van der Waals surface area contributed by atoms with Crippen molar-refractivity contribution in [3.05, 3.63) is 83.9 Å². The van der Waals surface area contributed by atoms with Crippen molar-refractivity contribution in [3.8, 4) is 0 Å². The Hall–Kier alpha value is -2.65. The molecule has 3 aromatic rings. The molecule has 3 heteroatoms. The number of aryl methyl sites for hydroxylation is 1. The van der Waals surface area contributed by atoms with Gasteiger partial charge in [0.2, 0.25) is 5.91 Å². The standard InChI is InChI=1S/C25H27NO2/c27-24(14-13-21-9-6-8-20-7-4-5-12-23(20)21)26-19-25(15-17-28-18-16-25)22-10-2-1-3-11-22/h1-12H,13-19H2,(H,26,27). The maximum atomic E-state index is 12.6. The molecule has 1 amide bonds. The molecule has 1 fully saturated rings. The molecule has 3 aromatic carbocycles. The lowest BCUT2D eigenvalue weighted by Gasteiger charge is -2.38. The van der Waals surface area contributed by atoms with E-state index in [0.717, 1.165) is 32.5 Å². The van der Waals surface area contributed by atoms with Gasteiger partial charge in [-0.05, 0) is 41.2 Å². The van der Waals surface area contributed by atoms with Gasteiger partial charge >= 0.3 is 0 Å². The SMILES string of the molecule is O=C(CCc1cccc2ccccc12)NCC1(c2ccccc2)CCOCC1. The van der Waals surface area contributed by atoms with Crippen molar-refractivity contribution < 1.29 is 9.53 Å². The van der Waals surface area contributed by atoms with Gasteiger partial charge in [-0.1, -0.05) is 72.8 Å². The first-order valence-corrected chi connectivity index (χ1v) is 10.1. The van der Waals surface area contributed by atoms with Crippen LogP contribution >= 0.6 is 0 Å². The molecule has 1 N–H and O–H groups in total. The molecule has 1 heterocycles. The number of hydrogen-bond donors (Lipinski definition) is 1. The third-order valence-corrected chi connectivity index (χ3v) is 5.96. The number of benzene rings is 3. The second-order valence-electron chi connectivity index (χ2n) is 7.67. The van der Waals surface area contributed by atoms with Gasteiger partial charge in [0.25, 0.3) is 0 Å². The summed E-state index contributed by atoms with van der Waals surface area (Å²) in [5.74, 6) is 0.120. The minimum absolute atomic E-state index is 0.0192. The van der Waals surface area contributed by atoms with E-state index in [1.54, 1.807) is 0 Å². The Morgan fingerprint density at radius 2 is 1.61 bits per heavy atom. The smallest absolute Gasteiger partial charge is 0.220 e. The number of carbonyl (C=O) groups is 1. The molecule has 0 saturated carbocycles. The van der Waals surface area contributed by atoms with Gasteiger partial charge in [-0.3, -0.25) is 4.79 Å². The van der Waals surface area contributed by atoms with Crippen molar-refractivity contribution in [2.45, 2.75) is 31.1 Å². The van der Waals surface area contributed by atoms with Crippen LogP contribution in [-0.4, -0.2) is 25.7 Å². The third kappa shape index (κ3) is 4.10. The fourth-order valence-electron chi connectivity index (χ4n) is 4.24. The van der Waals surface area contributed by atoms with Crippen LogP contribution in [0.25, 0.3) is 10.8 Å². The van der Waals surface area contributed by atoms with E-state index in [9.17, 15) is 4.79 Å². The molecule has 0 radical (unpaired) electrons. The summed E-state index contributed by atoms with van der Waals surface area (Å²) in [6.45, 7) is 2.18. The number of fused-ring (bicyclic) bond motifs is 1.